The van der Waals surface area contributed by atoms with Crippen molar-refractivity contribution < 1.29 is 9.53 Å². The lowest BCUT2D eigenvalue weighted by atomic mass is 9.97. The van der Waals surface area contributed by atoms with Crippen LogP contribution in [-0.2, 0) is 11.2 Å². The van der Waals surface area contributed by atoms with E-state index in [4.69, 9.17) is 9.72 Å². The molecule has 1 aliphatic rings. The van der Waals surface area contributed by atoms with E-state index in [9.17, 15) is 4.79 Å². The normalized spacial score (nSPS) is 15.5. The Bertz CT molecular complexity index is 1370. The number of hydrogen-bond acceptors (Lipinski definition) is 8. The number of methoxy groups -OCH3 is 1. The fraction of sp³-hybridized carbons (Fsp3) is 0.370. The first-order valence-electron chi connectivity index (χ1n) is 12.5. The predicted molar refractivity (Wildman–Crippen MR) is 144 cm³/mol. The molecule has 9 nitrogen and oxygen atoms in total. The van der Waals surface area contributed by atoms with Crippen molar-refractivity contribution in [2.45, 2.75) is 33.1 Å². The maximum Gasteiger partial charge on any atom is 0.224 e. The van der Waals surface area contributed by atoms with E-state index < -0.39 is 0 Å². The Morgan fingerprint density at radius 2 is 1.97 bits per heavy atom. The van der Waals surface area contributed by atoms with Crippen molar-refractivity contribution in [3.05, 3.63) is 65.2 Å². The highest BCUT2D eigenvalue weighted by Gasteiger charge is 2.27. The molecular formula is C27H31N7O2S. The second kappa shape index (κ2) is 11.1. The average molecular weight is 518 g/mol. The van der Waals surface area contributed by atoms with Gasteiger partial charge in [0, 0.05) is 48.8 Å². The van der Waals surface area contributed by atoms with Gasteiger partial charge < -0.3 is 15.0 Å². The highest BCUT2D eigenvalue weighted by molar-refractivity contribution is 7.13. The lowest BCUT2D eigenvalue weighted by Gasteiger charge is -2.32. The Morgan fingerprint density at radius 3 is 2.73 bits per heavy atom. The third-order valence-corrected chi connectivity index (χ3v) is 7.49. The molecule has 10 heteroatoms. The summed E-state index contributed by atoms with van der Waals surface area (Å²) in [5.41, 5.74) is 4.02. The first-order valence-corrected chi connectivity index (χ1v) is 13.4. The molecule has 1 aromatic carbocycles. The molecule has 1 unspecified atom stereocenters. The summed E-state index contributed by atoms with van der Waals surface area (Å²) in [6, 6.07) is 11.9. The molecule has 0 aliphatic carbocycles. The van der Waals surface area contributed by atoms with Gasteiger partial charge in [0.2, 0.25) is 5.91 Å². The van der Waals surface area contributed by atoms with Gasteiger partial charge in [0.25, 0.3) is 0 Å². The third kappa shape index (κ3) is 5.80. The molecule has 192 valence electrons. The van der Waals surface area contributed by atoms with Crippen LogP contribution in [0.25, 0.3) is 16.4 Å². The SMILES string of the molecule is COc1ccc(-c2nc(CCNC(=O)C3CCCN(c4cc(-n5nc(C)cc5C)ncn4)C3)cs2)cc1. The predicted octanol–water partition coefficient (Wildman–Crippen LogP) is 3.99. The second-order valence-electron chi connectivity index (χ2n) is 9.27. The number of piperidine rings is 1. The van der Waals surface area contributed by atoms with Crippen LogP contribution in [0.15, 0.2) is 48.1 Å². The van der Waals surface area contributed by atoms with Crippen molar-refractivity contribution in [2.75, 3.05) is 31.6 Å². The summed E-state index contributed by atoms with van der Waals surface area (Å²) in [7, 11) is 1.66. The molecule has 1 aliphatic heterocycles. The van der Waals surface area contributed by atoms with Crippen LogP contribution in [0.1, 0.15) is 29.9 Å². The van der Waals surface area contributed by atoms with Gasteiger partial charge >= 0.3 is 0 Å². The number of aromatic nitrogens is 5. The van der Waals surface area contributed by atoms with Crippen LogP contribution in [0.5, 0.6) is 5.75 Å². The molecule has 4 aromatic rings. The average Bonchev–Trinajstić information content (AvgIpc) is 3.54. The van der Waals surface area contributed by atoms with Gasteiger partial charge in [-0.25, -0.2) is 19.6 Å². The zero-order valence-corrected chi connectivity index (χ0v) is 22.2. The number of aryl methyl sites for hydroxylation is 2. The molecule has 0 bridgehead atoms. The minimum atomic E-state index is -0.0776. The van der Waals surface area contributed by atoms with Gasteiger partial charge in [0.1, 0.15) is 22.9 Å². The fourth-order valence-corrected chi connectivity index (χ4v) is 5.49. The molecular weight excluding hydrogens is 486 g/mol. The zero-order chi connectivity index (χ0) is 25.8. The Hall–Kier alpha value is -3.79. The maximum atomic E-state index is 13.0. The first kappa shape index (κ1) is 24.9. The number of nitrogens with one attached hydrogen (secondary N) is 1. The second-order valence-corrected chi connectivity index (χ2v) is 10.1. The lowest BCUT2D eigenvalue weighted by Crippen LogP contribution is -2.43. The van der Waals surface area contributed by atoms with Gasteiger partial charge in [-0.05, 0) is 57.0 Å². The van der Waals surface area contributed by atoms with Crippen LogP contribution in [0.3, 0.4) is 0 Å². The quantitative estimate of drug-likeness (QED) is 0.377. The number of anilines is 1. The van der Waals surface area contributed by atoms with Crippen molar-refractivity contribution in [1.82, 2.24) is 30.0 Å². The summed E-state index contributed by atoms with van der Waals surface area (Å²) < 4.78 is 7.05. The van der Waals surface area contributed by atoms with E-state index >= 15 is 0 Å². The van der Waals surface area contributed by atoms with Crippen molar-refractivity contribution in [2.24, 2.45) is 5.92 Å². The van der Waals surface area contributed by atoms with E-state index in [-0.39, 0.29) is 11.8 Å². The molecule has 1 fully saturated rings. The molecule has 3 aromatic heterocycles. The van der Waals surface area contributed by atoms with Crippen LogP contribution >= 0.6 is 11.3 Å². The van der Waals surface area contributed by atoms with E-state index in [1.807, 2.05) is 54.9 Å². The molecule has 1 amide bonds. The Labute approximate surface area is 220 Å². The number of carbonyl (C=O) groups is 1. The van der Waals surface area contributed by atoms with Crippen molar-refractivity contribution >= 4 is 23.1 Å². The Kier molecular flexibility index (Phi) is 7.45. The van der Waals surface area contributed by atoms with E-state index in [1.54, 1.807) is 24.8 Å². The summed E-state index contributed by atoms with van der Waals surface area (Å²) in [5, 5.41) is 10.7. The topological polar surface area (TPSA) is 98.1 Å². The number of nitrogens with zero attached hydrogens (tertiary/aromatic N) is 6. The minimum absolute atomic E-state index is 0.0776. The molecule has 4 heterocycles. The number of ether oxygens (including phenoxy) is 1. The number of benzene rings is 1. The summed E-state index contributed by atoms with van der Waals surface area (Å²) in [6.45, 7) is 6.04. The minimum Gasteiger partial charge on any atom is -0.497 e. The van der Waals surface area contributed by atoms with Crippen LogP contribution in [0.2, 0.25) is 0 Å². The van der Waals surface area contributed by atoms with Gasteiger partial charge in [-0.15, -0.1) is 11.3 Å². The number of carbonyl (C=O) groups excluding carboxylic acids is 1. The Balaban J connectivity index is 1.15. The van der Waals surface area contributed by atoms with Gasteiger partial charge in [-0.1, -0.05) is 0 Å². The fourth-order valence-electron chi connectivity index (χ4n) is 4.63. The van der Waals surface area contributed by atoms with E-state index in [0.29, 0.717) is 19.5 Å². The van der Waals surface area contributed by atoms with E-state index in [1.165, 1.54) is 0 Å². The van der Waals surface area contributed by atoms with Crippen LogP contribution in [0.4, 0.5) is 5.82 Å². The summed E-state index contributed by atoms with van der Waals surface area (Å²) in [5.74, 6) is 2.39. The number of amides is 1. The smallest absolute Gasteiger partial charge is 0.224 e. The molecule has 1 saturated heterocycles. The third-order valence-electron chi connectivity index (χ3n) is 6.55. The molecule has 0 spiro atoms. The van der Waals surface area contributed by atoms with E-state index in [2.05, 4.69) is 30.7 Å². The molecule has 37 heavy (non-hydrogen) atoms. The van der Waals surface area contributed by atoms with Gasteiger partial charge in [-0.3, -0.25) is 4.79 Å². The summed E-state index contributed by atoms with van der Waals surface area (Å²) >= 11 is 1.61. The van der Waals surface area contributed by atoms with Gasteiger partial charge in [-0.2, -0.15) is 5.10 Å². The van der Waals surface area contributed by atoms with Gasteiger partial charge in [0.05, 0.1) is 24.4 Å². The van der Waals surface area contributed by atoms with Crippen molar-refractivity contribution in [1.29, 1.82) is 0 Å². The van der Waals surface area contributed by atoms with Gasteiger partial charge in [0.15, 0.2) is 5.82 Å². The van der Waals surface area contributed by atoms with Crippen molar-refractivity contribution in [3.8, 4) is 22.1 Å². The molecule has 0 saturated carbocycles. The molecule has 0 radical (unpaired) electrons. The lowest BCUT2D eigenvalue weighted by molar-refractivity contribution is -0.125. The standard InChI is InChI=1S/C27H31N7O2S/c1-18-13-19(2)34(32-18)25-14-24(29-17-30-25)33-12-4-5-21(15-33)26(35)28-11-10-22-16-37-27(31-22)20-6-8-23(36-3)9-7-20/h6-9,13-14,16-17,21H,4-5,10-12,15H2,1-3H3,(H,28,35). The number of thiazole rings is 1. The zero-order valence-electron chi connectivity index (χ0n) is 21.3. The number of hydrogen-bond donors (Lipinski definition) is 1. The van der Waals surface area contributed by atoms with Crippen molar-refractivity contribution in [3.63, 3.8) is 0 Å². The maximum absolute atomic E-state index is 13.0. The van der Waals surface area contributed by atoms with Crippen LogP contribution in [-0.4, -0.2) is 57.4 Å². The number of rotatable bonds is 8. The summed E-state index contributed by atoms with van der Waals surface area (Å²) in [4.78, 5) is 28.8. The molecule has 1 N–H and O–H groups in total. The highest BCUT2D eigenvalue weighted by Crippen LogP contribution is 2.26. The molecule has 1 atom stereocenters. The first-order chi connectivity index (χ1) is 18.0. The monoisotopic (exact) mass is 517 g/mol. The highest BCUT2D eigenvalue weighted by atomic mass is 32.1. The largest absolute Gasteiger partial charge is 0.497 e. The van der Waals surface area contributed by atoms with E-state index in [0.717, 1.165) is 64.4 Å². The van der Waals surface area contributed by atoms with Crippen LogP contribution < -0.4 is 15.0 Å². The van der Waals surface area contributed by atoms with Crippen LogP contribution in [0, 0.1) is 19.8 Å². The summed E-state index contributed by atoms with van der Waals surface area (Å²) in [6.07, 6.45) is 4.08. The Morgan fingerprint density at radius 1 is 1.16 bits per heavy atom. The molecule has 5 rings (SSSR count).